The summed E-state index contributed by atoms with van der Waals surface area (Å²) in [5.41, 5.74) is 0.551. The summed E-state index contributed by atoms with van der Waals surface area (Å²) in [6.45, 7) is 13.6. The van der Waals surface area contributed by atoms with Gasteiger partial charge in [0.05, 0.1) is 11.2 Å². The lowest BCUT2D eigenvalue weighted by Gasteiger charge is -2.65. The van der Waals surface area contributed by atoms with Gasteiger partial charge in [-0.1, -0.05) is 39.8 Å². The molecule has 0 N–H and O–H groups in total. The molecule has 1 aliphatic heterocycles. The predicted molar refractivity (Wildman–Crippen MR) is 59.2 cm³/mol. The van der Waals surface area contributed by atoms with Crippen LogP contribution in [0, 0.1) is 10.8 Å². The molecule has 1 unspecified atom stereocenters. The molecule has 0 saturated carbocycles. The Balaban J connectivity index is 2.29. The van der Waals surface area contributed by atoms with Gasteiger partial charge in [-0.25, -0.2) is 0 Å². The Morgan fingerprint density at radius 1 is 0.929 bits per heavy atom. The van der Waals surface area contributed by atoms with Crippen molar-refractivity contribution in [3.05, 3.63) is 12.2 Å². The van der Waals surface area contributed by atoms with Gasteiger partial charge in [0.25, 0.3) is 0 Å². The van der Waals surface area contributed by atoms with Crippen molar-refractivity contribution in [2.24, 2.45) is 10.8 Å². The summed E-state index contributed by atoms with van der Waals surface area (Å²) in [5, 5.41) is 0. The van der Waals surface area contributed by atoms with Gasteiger partial charge in [-0.15, -0.1) is 0 Å². The zero-order chi connectivity index (χ0) is 10.8. The monoisotopic (exact) mass is 194 g/mol. The fourth-order valence-corrected chi connectivity index (χ4v) is 2.83. The number of hydrogen-bond donors (Lipinski definition) is 0. The molecule has 1 spiro atoms. The largest absolute Gasteiger partial charge is 0.364 e. The smallest absolute Gasteiger partial charge is 0.0956 e. The molecular formula is C13H22O. The summed E-state index contributed by atoms with van der Waals surface area (Å²) < 4.78 is 6.14. The van der Waals surface area contributed by atoms with Gasteiger partial charge >= 0.3 is 0 Å². The Morgan fingerprint density at radius 3 is 1.79 bits per heavy atom. The standard InChI is InChI=1S/C13H22O/c1-10(2)7-8-13(9-10)11(3,4)12(5,6)14-13/h7-8H,9H2,1-6H3. The van der Waals surface area contributed by atoms with E-state index < -0.39 is 0 Å². The minimum Gasteiger partial charge on any atom is -0.364 e. The highest BCUT2D eigenvalue weighted by molar-refractivity contribution is 5.29. The summed E-state index contributed by atoms with van der Waals surface area (Å²) in [6.07, 6.45) is 5.72. The maximum atomic E-state index is 6.14. The van der Waals surface area contributed by atoms with Crippen molar-refractivity contribution in [1.29, 1.82) is 0 Å². The fraction of sp³-hybridized carbons (Fsp3) is 0.846. The van der Waals surface area contributed by atoms with E-state index in [0.717, 1.165) is 6.42 Å². The molecule has 1 saturated heterocycles. The van der Waals surface area contributed by atoms with E-state index in [1.165, 1.54) is 0 Å². The van der Waals surface area contributed by atoms with Gasteiger partial charge in [0.1, 0.15) is 0 Å². The van der Waals surface area contributed by atoms with Crippen molar-refractivity contribution < 1.29 is 4.74 Å². The Hall–Kier alpha value is -0.300. The van der Waals surface area contributed by atoms with E-state index in [2.05, 4.69) is 53.7 Å². The van der Waals surface area contributed by atoms with Crippen molar-refractivity contribution in [1.82, 2.24) is 0 Å². The van der Waals surface area contributed by atoms with E-state index in [1.54, 1.807) is 0 Å². The van der Waals surface area contributed by atoms with Crippen molar-refractivity contribution >= 4 is 0 Å². The first kappa shape index (κ1) is 10.2. The van der Waals surface area contributed by atoms with Crippen LogP contribution in [0.3, 0.4) is 0 Å². The van der Waals surface area contributed by atoms with Crippen LogP contribution in [0.2, 0.25) is 0 Å². The Kier molecular flexibility index (Phi) is 1.65. The molecule has 1 heterocycles. The molecule has 1 aliphatic carbocycles. The van der Waals surface area contributed by atoms with Crippen LogP contribution >= 0.6 is 0 Å². The quantitative estimate of drug-likeness (QED) is 0.536. The molecule has 0 aromatic heterocycles. The number of hydrogen-bond acceptors (Lipinski definition) is 1. The Bertz CT molecular complexity index is 296. The van der Waals surface area contributed by atoms with Crippen LogP contribution in [0.1, 0.15) is 48.0 Å². The maximum Gasteiger partial charge on any atom is 0.0956 e. The second-order valence-corrected chi connectivity index (χ2v) is 6.63. The third kappa shape index (κ3) is 0.995. The van der Waals surface area contributed by atoms with Gasteiger partial charge < -0.3 is 4.74 Å². The van der Waals surface area contributed by atoms with Crippen molar-refractivity contribution in [3.8, 4) is 0 Å². The van der Waals surface area contributed by atoms with E-state index in [9.17, 15) is 0 Å². The number of rotatable bonds is 0. The highest BCUT2D eigenvalue weighted by atomic mass is 16.6. The molecule has 14 heavy (non-hydrogen) atoms. The zero-order valence-corrected chi connectivity index (χ0v) is 10.3. The second-order valence-electron chi connectivity index (χ2n) is 6.63. The van der Waals surface area contributed by atoms with Crippen molar-refractivity contribution in [2.75, 3.05) is 0 Å². The summed E-state index contributed by atoms with van der Waals surface area (Å²) in [5.74, 6) is 0. The summed E-state index contributed by atoms with van der Waals surface area (Å²) >= 11 is 0. The molecule has 1 fully saturated rings. The molecule has 1 atom stereocenters. The highest BCUT2D eigenvalue weighted by Gasteiger charge is 2.67. The van der Waals surface area contributed by atoms with E-state index in [4.69, 9.17) is 4.74 Å². The highest BCUT2D eigenvalue weighted by Crippen LogP contribution is 2.63. The van der Waals surface area contributed by atoms with Crippen molar-refractivity contribution in [2.45, 2.75) is 59.2 Å². The average molecular weight is 194 g/mol. The zero-order valence-electron chi connectivity index (χ0n) is 10.3. The van der Waals surface area contributed by atoms with E-state index in [0.29, 0.717) is 5.41 Å². The molecule has 80 valence electrons. The lowest BCUT2D eigenvalue weighted by Crippen LogP contribution is -2.70. The van der Waals surface area contributed by atoms with Gasteiger partial charge in [-0.2, -0.15) is 0 Å². The molecule has 0 aromatic carbocycles. The lowest BCUT2D eigenvalue weighted by atomic mass is 9.57. The molecule has 0 amide bonds. The molecule has 1 nitrogen and oxygen atoms in total. The number of allylic oxidation sites excluding steroid dienone is 1. The van der Waals surface area contributed by atoms with Gasteiger partial charge in [0, 0.05) is 5.41 Å². The fourth-order valence-electron chi connectivity index (χ4n) is 2.83. The summed E-state index contributed by atoms with van der Waals surface area (Å²) in [6, 6.07) is 0. The first-order valence-electron chi connectivity index (χ1n) is 5.53. The molecule has 0 aromatic rings. The van der Waals surface area contributed by atoms with Crippen molar-refractivity contribution in [3.63, 3.8) is 0 Å². The lowest BCUT2D eigenvalue weighted by molar-refractivity contribution is -0.336. The van der Waals surface area contributed by atoms with E-state index >= 15 is 0 Å². The van der Waals surface area contributed by atoms with Gasteiger partial charge in [-0.05, 0) is 25.7 Å². The van der Waals surface area contributed by atoms with Gasteiger partial charge in [0.2, 0.25) is 0 Å². The van der Waals surface area contributed by atoms with Crippen LogP contribution in [-0.2, 0) is 4.74 Å². The maximum absolute atomic E-state index is 6.14. The molecule has 2 rings (SSSR count). The molecular weight excluding hydrogens is 172 g/mol. The normalized spacial score (nSPS) is 41.3. The average Bonchev–Trinajstić information content (AvgIpc) is 2.27. The summed E-state index contributed by atoms with van der Waals surface area (Å²) in [4.78, 5) is 0. The van der Waals surface area contributed by atoms with Crippen LogP contribution in [0.4, 0.5) is 0 Å². The van der Waals surface area contributed by atoms with Crippen LogP contribution in [0.25, 0.3) is 0 Å². The SMILES string of the molecule is CC1(C)C=CC2(C1)OC(C)(C)C2(C)C. The first-order valence-corrected chi connectivity index (χ1v) is 5.53. The Labute approximate surface area is 87.5 Å². The van der Waals surface area contributed by atoms with Crippen LogP contribution in [0.5, 0.6) is 0 Å². The third-order valence-electron chi connectivity index (χ3n) is 4.52. The topological polar surface area (TPSA) is 9.23 Å². The van der Waals surface area contributed by atoms with Crippen LogP contribution in [-0.4, -0.2) is 11.2 Å². The van der Waals surface area contributed by atoms with E-state index in [-0.39, 0.29) is 16.6 Å². The Morgan fingerprint density at radius 2 is 1.50 bits per heavy atom. The number of ether oxygens (including phenoxy) is 1. The van der Waals surface area contributed by atoms with Gasteiger partial charge in [0.15, 0.2) is 0 Å². The third-order valence-corrected chi connectivity index (χ3v) is 4.52. The van der Waals surface area contributed by atoms with Gasteiger partial charge in [-0.3, -0.25) is 0 Å². The minimum absolute atomic E-state index is 0.000000000000000222. The van der Waals surface area contributed by atoms with Crippen LogP contribution < -0.4 is 0 Å². The van der Waals surface area contributed by atoms with E-state index in [1.807, 2.05) is 0 Å². The molecule has 2 aliphatic rings. The second kappa shape index (κ2) is 2.27. The predicted octanol–water partition coefficient (Wildman–Crippen LogP) is 3.55. The minimum atomic E-state index is 0.000000000000000222. The molecule has 0 radical (unpaired) electrons. The first-order chi connectivity index (χ1) is 6.12. The van der Waals surface area contributed by atoms with Crippen LogP contribution in [0.15, 0.2) is 12.2 Å². The molecule has 0 bridgehead atoms. The summed E-state index contributed by atoms with van der Waals surface area (Å²) in [7, 11) is 0. The molecule has 1 heteroatoms.